The van der Waals surface area contributed by atoms with Crippen LogP contribution in [0.4, 0.5) is 5.82 Å². The predicted octanol–water partition coefficient (Wildman–Crippen LogP) is 3.06. The van der Waals surface area contributed by atoms with E-state index >= 15 is 0 Å². The molecule has 25 heavy (non-hydrogen) atoms. The Labute approximate surface area is 149 Å². The number of carbonyl (C=O) groups excluding carboxylic acids is 1. The number of benzene rings is 1. The average Bonchev–Trinajstić information content (AvgIpc) is 3.12. The van der Waals surface area contributed by atoms with Crippen molar-refractivity contribution in [3.05, 3.63) is 53.7 Å². The molecule has 1 fully saturated rings. The van der Waals surface area contributed by atoms with E-state index < -0.39 is 0 Å². The van der Waals surface area contributed by atoms with E-state index in [4.69, 9.17) is 4.74 Å². The number of ether oxygens (including phenoxy) is 1. The summed E-state index contributed by atoms with van der Waals surface area (Å²) in [6, 6.07) is 12.0. The minimum Gasteiger partial charge on any atom is -0.497 e. The molecule has 132 valence electrons. The smallest absolute Gasteiger partial charge is 0.227 e. The van der Waals surface area contributed by atoms with Crippen LogP contribution in [0.3, 0.4) is 0 Å². The van der Waals surface area contributed by atoms with Crippen molar-refractivity contribution in [2.24, 2.45) is 0 Å². The number of hydrogen-bond donors (Lipinski definition) is 0. The van der Waals surface area contributed by atoms with Crippen molar-refractivity contribution in [3.63, 3.8) is 0 Å². The number of methoxy groups -OCH3 is 1. The van der Waals surface area contributed by atoms with E-state index in [9.17, 15) is 4.79 Å². The lowest BCUT2D eigenvalue weighted by molar-refractivity contribution is -0.131. The second-order valence-electron chi connectivity index (χ2n) is 6.62. The highest BCUT2D eigenvalue weighted by Crippen LogP contribution is 2.33. The number of pyridine rings is 1. The first-order valence-corrected chi connectivity index (χ1v) is 8.64. The fourth-order valence-electron chi connectivity index (χ4n) is 3.36. The topological polar surface area (TPSA) is 45.7 Å². The maximum absolute atomic E-state index is 12.9. The van der Waals surface area contributed by atoms with Crippen LogP contribution in [0.1, 0.15) is 30.0 Å². The molecule has 0 unspecified atom stereocenters. The van der Waals surface area contributed by atoms with E-state index in [1.807, 2.05) is 60.4 Å². The normalized spacial score (nSPS) is 16.8. The first-order valence-electron chi connectivity index (χ1n) is 8.64. The van der Waals surface area contributed by atoms with Crippen LogP contribution in [-0.2, 0) is 11.2 Å². The number of hydrogen-bond acceptors (Lipinski definition) is 4. The molecule has 1 aliphatic rings. The van der Waals surface area contributed by atoms with Gasteiger partial charge in [-0.25, -0.2) is 4.98 Å². The van der Waals surface area contributed by atoms with Gasteiger partial charge in [-0.2, -0.15) is 0 Å². The van der Waals surface area contributed by atoms with Crippen LogP contribution >= 0.6 is 0 Å². The summed E-state index contributed by atoms with van der Waals surface area (Å²) in [7, 11) is 5.60. The molecule has 1 aromatic carbocycles. The molecule has 0 aliphatic carbocycles. The van der Waals surface area contributed by atoms with Gasteiger partial charge in [0.15, 0.2) is 0 Å². The maximum Gasteiger partial charge on any atom is 0.227 e. The van der Waals surface area contributed by atoms with Gasteiger partial charge in [0.05, 0.1) is 19.6 Å². The SMILES string of the molecule is COc1cccc(CC(=O)N2CCC[C@@H]2c2ccnc(N(C)C)c2)c1. The third-order valence-corrected chi connectivity index (χ3v) is 4.68. The molecule has 0 radical (unpaired) electrons. The molecule has 2 heterocycles. The Kier molecular flexibility index (Phi) is 5.22. The van der Waals surface area contributed by atoms with Gasteiger partial charge in [0.25, 0.3) is 0 Å². The zero-order chi connectivity index (χ0) is 17.8. The molecule has 0 saturated carbocycles. The van der Waals surface area contributed by atoms with E-state index in [0.717, 1.165) is 42.1 Å². The van der Waals surface area contributed by atoms with Crippen LogP contribution in [0, 0.1) is 0 Å². The zero-order valence-electron chi connectivity index (χ0n) is 15.1. The number of aromatic nitrogens is 1. The molecule has 1 aliphatic heterocycles. The highest BCUT2D eigenvalue weighted by Gasteiger charge is 2.30. The molecule has 0 spiro atoms. The molecule has 1 aromatic heterocycles. The van der Waals surface area contributed by atoms with Gasteiger partial charge < -0.3 is 14.5 Å². The fourth-order valence-corrected chi connectivity index (χ4v) is 3.36. The second-order valence-corrected chi connectivity index (χ2v) is 6.62. The van der Waals surface area contributed by atoms with E-state index in [-0.39, 0.29) is 11.9 Å². The van der Waals surface area contributed by atoms with Gasteiger partial charge in [-0.1, -0.05) is 12.1 Å². The Morgan fingerprint density at radius 1 is 1.32 bits per heavy atom. The summed E-state index contributed by atoms with van der Waals surface area (Å²) in [6.45, 7) is 0.813. The number of likely N-dealkylation sites (tertiary alicyclic amines) is 1. The lowest BCUT2D eigenvalue weighted by Gasteiger charge is -2.26. The van der Waals surface area contributed by atoms with Crippen LogP contribution in [0.2, 0.25) is 0 Å². The maximum atomic E-state index is 12.9. The standard InChI is InChI=1S/C20H25N3O2/c1-22(2)19-14-16(9-10-21-19)18-8-5-11-23(18)20(24)13-15-6-4-7-17(12-15)25-3/h4,6-7,9-10,12,14,18H,5,8,11,13H2,1-3H3/t18-/m1/s1. The van der Waals surface area contributed by atoms with Crippen molar-refractivity contribution < 1.29 is 9.53 Å². The summed E-state index contributed by atoms with van der Waals surface area (Å²) in [5, 5.41) is 0. The van der Waals surface area contributed by atoms with E-state index in [1.165, 1.54) is 0 Å². The summed E-state index contributed by atoms with van der Waals surface area (Å²) >= 11 is 0. The van der Waals surface area contributed by atoms with Gasteiger partial charge in [0.1, 0.15) is 11.6 Å². The highest BCUT2D eigenvalue weighted by atomic mass is 16.5. The first kappa shape index (κ1) is 17.3. The van der Waals surface area contributed by atoms with E-state index in [1.54, 1.807) is 7.11 Å². The Morgan fingerprint density at radius 2 is 2.16 bits per heavy atom. The molecular weight excluding hydrogens is 314 g/mol. The van der Waals surface area contributed by atoms with Gasteiger partial charge in [0.2, 0.25) is 5.91 Å². The number of rotatable bonds is 5. The van der Waals surface area contributed by atoms with Crippen molar-refractivity contribution in [1.82, 2.24) is 9.88 Å². The van der Waals surface area contributed by atoms with Crippen molar-refractivity contribution in [2.75, 3.05) is 32.6 Å². The van der Waals surface area contributed by atoms with Crippen LogP contribution < -0.4 is 9.64 Å². The molecule has 1 saturated heterocycles. The van der Waals surface area contributed by atoms with Crippen LogP contribution in [0.25, 0.3) is 0 Å². The van der Waals surface area contributed by atoms with Crippen LogP contribution in [-0.4, -0.2) is 43.5 Å². The van der Waals surface area contributed by atoms with Crippen LogP contribution in [0.15, 0.2) is 42.6 Å². The zero-order valence-corrected chi connectivity index (χ0v) is 15.1. The minimum absolute atomic E-state index is 0.139. The fraction of sp³-hybridized carbons (Fsp3) is 0.400. The van der Waals surface area contributed by atoms with E-state index in [0.29, 0.717) is 6.42 Å². The Balaban J connectivity index is 1.76. The average molecular weight is 339 g/mol. The van der Waals surface area contributed by atoms with Gasteiger partial charge in [-0.05, 0) is 48.2 Å². The van der Waals surface area contributed by atoms with Gasteiger partial charge >= 0.3 is 0 Å². The Bertz CT molecular complexity index is 745. The Morgan fingerprint density at radius 3 is 2.92 bits per heavy atom. The monoisotopic (exact) mass is 339 g/mol. The summed E-state index contributed by atoms with van der Waals surface area (Å²) < 4.78 is 5.25. The van der Waals surface area contributed by atoms with E-state index in [2.05, 4.69) is 11.1 Å². The Hall–Kier alpha value is -2.56. The molecule has 0 N–H and O–H groups in total. The summed E-state index contributed by atoms with van der Waals surface area (Å²) in [6.07, 6.45) is 4.27. The molecule has 3 rings (SSSR count). The van der Waals surface area contributed by atoms with Crippen molar-refractivity contribution >= 4 is 11.7 Å². The lowest BCUT2D eigenvalue weighted by Crippen LogP contribution is -2.32. The third kappa shape index (κ3) is 3.92. The quantitative estimate of drug-likeness (QED) is 0.840. The van der Waals surface area contributed by atoms with Gasteiger partial charge in [-0.3, -0.25) is 4.79 Å². The minimum atomic E-state index is 0.139. The summed E-state index contributed by atoms with van der Waals surface area (Å²) in [5.74, 6) is 1.87. The number of anilines is 1. The summed E-state index contributed by atoms with van der Waals surface area (Å²) in [5.41, 5.74) is 2.15. The molecule has 2 aromatic rings. The molecular formula is C20H25N3O2. The third-order valence-electron chi connectivity index (χ3n) is 4.68. The number of carbonyl (C=O) groups is 1. The summed E-state index contributed by atoms with van der Waals surface area (Å²) in [4.78, 5) is 21.2. The number of nitrogens with zero attached hydrogens (tertiary/aromatic N) is 3. The molecule has 1 atom stereocenters. The largest absolute Gasteiger partial charge is 0.497 e. The molecule has 5 heteroatoms. The van der Waals surface area contributed by atoms with Gasteiger partial charge in [0, 0.05) is 26.8 Å². The second kappa shape index (κ2) is 7.55. The first-order chi connectivity index (χ1) is 12.1. The van der Waals surface area contributed by atoms with Crippen molar-refractivity contribution in [1.29, 1.82) is 0 Å². The molecule has 1 amide bonds. The van der Waals surface area contributed by atoms with Crippen molar-refractivity contribution in [2.45, 2.75) is 25.3 Å². The van der Waals surface area contributed by atoms with Crippen LogP contribution in [0.5, 0.6) is 5.75 Å². The lowest BCUT2D eigenvalue weighted by atomic mass is 10.0. The van der Waals surface area contributed by atoms with Gasteiger partial charge in [-0.15, -0.1) is 0 Å². The highest BCUT2D eigenvalue weighted by molar-refractivity contribution is 5.79. The number of amides is 1. The predicted molar refractivity (Wildman–Crippen MR) is 99.0 cm³/mol. The molecule has 5 nitrogen and oxygen atoms in total. The molecule has 0 bridgehead atoms. The van der Waals surface area contributed by atoms with Crippen molar-refractivity contribution in [3.8, 4) is 5.75 Å².